The Morgan fingerprint density at radius 3 is 2.76 bits per heavy atom. The van der Waals surface area contributed by atoms with Crippen molar-refractivity contribution in [3.63, 3.8) is 0 Å². The molecule has 2 rings (SSSR count). The fourth-order valence-electron chi connectivity index (χ4n) is 2.03. The van der Waals surface area contributed by atoms with E-state index in [1.807, 2.05) is 13.8 Å². The summed E-state index contributed by atoms with van der Waals surface area (Å²) in [6.07, 6.45) is -0.533. The van der Waals surface area contributed by atoms with Gasteiger partial charge in [0.2, 0.25) is 0 Å². The Bertz CT molecular complexity index is 404. The molecule has 2 atom stereocenters. The van der Waals surface area contributed by atoms with Crippen molar-refractivity contribution in [2.75, 3.05) is 5.75 Å². The van der Waals surface area contributed by atoms with Crippen molar-refractivity contribution < 1.29 is 19.4 Å². The van der Waals surface area contributed by atoms with Crippen molar-refractivity contribution in [2.24, 2.45) is 0 Å². The van der Waals surface area contributed by atoms with E-state index < -0.39 is 12.1 Å². The second-order valence-corrected chi connectivity index (χ2v) is 5.55. The lowest BCUT2D eigenvalue weighted by Crippen LogP contribution is -2.66. The summed E-state index contributed by atoms with van der Waals surface area (Å²) >= 11 is 1.55. The van der Waals surface area contributed by atoms with Crippen LogP contribution in [0.4, 0.5) is 0 Å². The average Bonchev–Trinajstić information content (AvgIpc) is 2.24. The molecule has 2 heterocycles. The van der Waals surface area contributed by atoms with Gasteiger partial charge < -0.3 is 9.84 Å². The third kappa shape index (κ3) is 1.95. The molecule has 1 saturated heterocycles. The number of ether oxygens (including phenoxy) is 1. The SMILES string of the molecule is CC1=C(C(=O)O)N2C(=O)[C@H](OC(C)C)[C@H]2SC1. The van der Waals surface area contributed by atoms with Gasteiger partial charge in [-0.3, -0.25) is 9.69 Å². The summed E-state index contributed by atoms with van der Waals surface area (Å²) in [6.45, 7) is 5.47. The molecule has 0 spiro atoms. The number of amides is 1. The molecule has 17 heavy (non-hydrogen) atoms. The highest BCUT2D eigenvalue weighted by Crippen LogP contribution is 2.41. The number of nitrogens with zero attached hydrogens (tertiary/aromatic N) is 1. The smallest absolute Gasteiger partial charge is 0.352 e. The van der Waals surface area contributed by atoms with Gasteiger partial charge in [-0.2, -0.15) is 0 Å². The van der Waals surface area contributed by atoms with Gasteiger partial charge >= 0.3 is 5.97 Å². The van der Waals surface area contributed by atoms with E-state index in [1.165, 1.54) is 4.90 Å². The minimum atomic E-state index is -1.04. The van der Waals surface area contributed by atoms with Gasteiger partial charge in [-0.15, -0.1) is 11.8 Å². The zero-order chi connectivity index (χ0) is 12.7. The zero-order valence-corrected chi connectivity index (χ0v) is 10.8. The molecule has 0 radical (unpaired) electrons. The van der Waals surface area contributed by atoms with Crippen LogP contribution in [0.25, 0.3) is 0 Å². The van der Waals surface area contributed by atoms with E-state index in [0.717, 1.165) is 5.57 Å². The first-order chi connectivity index (χ1) is 7.93. The Morgan fingerprint density at radius 2 is 2.24 bits per heavy atom. The second-order valence-electron chi connectivity index (χ2n) is 4.45. The molecule has 0 aliphatic carbocycles. The summed E-state index contributed by atoms with van der Waals surface area (Å²) in [5.41, 5.74) is 0.859. The largest absolute Gasteiger partial charge is 0.477 e. The Labute approximate surface area is 104 Å². The van der Waals surface area contributed by atoms with Gasteiger partial charge in [0, 0.05) is 5.75 Å². The van der Waals surface area contributed by atoms with Crippen LogP contribution in [0.5, 0.6) is 0 Å². The highest BCUT2D eigenvalue weighted by atomic mass is 32.2. The highest BCUT2D eigenvalue weighted by Gasteiger charge is 2.54. The van der Waals surface area contributed by atoms with E-state index in [-0.39, 0.29) is 23.1 Å². The molecule has 0 aromatic heterocycles. The fraction of sp³-hybridized carbons (Fsp3) is 0.636. The van der Waals surface area contributed by atoms with E-state index in [1.54, 1.807) is 18.7 Å². The normalized spacial score (nSPS) is 28.2. The maximum Gasteiger partial charge on any atom is 0.352 e. The van der Waals surface area contributed by atoms with Crippen molar-refractivity contribution in [3.8, 4) is 0 Å². The van der Waals surface area contributed by atoms with Gasteiger partial charge in [-0.1, -0.05) is 0 Å². The second kappa shape index (κ2) is 4.34. The van der Waals surface area contributed by atoms with Crippen molar-refractivity contribution in [3.05, 3.63) is 11.3 Å². The molecule has 0 bridgehead atoms. The molecule has 2 aliphatic rings. The van der Waals surface area contributed by atoms with Crippen LogP contribution in [0.15, 0.2) is 11.3 Å². The van der Waals surface area contributed by atoms with E-state index in [9.17, 15) is 9.59 Å². The van der Waals surface area contributed by atoms with E-state index in [2.05, 4.69) is 0 Å². The van der Waals surface area contributed by atoms with Crippen LogP contribution in [0.3, 0.4) is 0 Å². The first-order valence-corrected chi connectivity index (χ1v) is 6.51. The summed E-state index contributed by atoms with van der Waals surface area (Å²) in [7, 11) is 0. The lowest BCUT2D eigenvalue weighted by atomic mass is 10.1. The fourth-order valence-corrected chi connectivity index (χ4v) is 3.30. The van der Waals surface area contributed by atoms with Crippen LogP contribution >= 0.6 is 11.8 Å². The molecule has 0 unspecified atom stereocenters. The minimum absolute atomic E-state index is 0.0352. The number of carbonyl (C=O) groups excluding carboxylic acids is 1. The number of carboxylic acid groups (broad SMARTS) is 1. The summed E-state index contributed by atoms with van der Waals surface area (Å²) in [5, 5.41) is 8.93. The Morgan fingerprint density at radius 1 is 1.59 bits per heavy atom. The molecular weight excluding hydrogens is 242 g/mol. The monoisotopic (exact) mass is 257 g/mol. The standard InChI is InChI=1S/C11H15NO4S/c1-5(2)16-8-9(13)12-7(11(14)15)6(3)4-17-10(8)12/h5,8,10H,4H2,1-3H3,(H,14,15)/t8-,10+/m0/s1. The van der Waals surface area contributed by atoms with E-state index in [0.29, 0.717) is 5.75 Å². The molecule has 94 valence electrons. The molecule has 0 aromatic rings. The third-order valence-electron chi connectivity index (χ3n) is 2.73. The zero-order valence-electron chi connectivity index (χ0n) is 9.97. The number of hydrogen-bond acceptors (Lipinski definition) is 4. The number of aliphatic carboxylic acids is 1. The van der Waals surface area contributed by atoms with E-state index in [4.69, 9.17) is 9.84 Å². The number of fused-ring (bicyclic) bond motifs is 1. The number of carbonyl (C=O) groups is 2. The van der Waals surface area contributed by atoms with Crippen molar-refractivity contribution in [2.45, 2.75) is 38.4 Å². The van der Waals surface area contributed by atoms with Crippen LogP contribution in [-0.2, 0) is 14.3 Å². The van der Waals surface area contributed by atoms with E-state index >= 15 is 0 Å². The van der Waals surface area contributed by atoms with Crippen LogP contribution in [0, 0.1) is 0 Å². The van der Waals surface area contributed by atoms with Crippen molar-refractivity contribution in [1.29, 1.82) is 0 Å². The topological polar surface area (TPSA) is 66.8 Å². The molecule has 1 fully saturated rings. The number of carboxylic acids is 1. The van der Waals surface area contributed by atoms with Gasteiger partial charge in [0.05, 0.1) is 6.10 Å². The molecule has 0 saturated carbocycles. The Hall–Kier alpha value is -1.01. The lowest BCUT2D eigenvalue weighted by Gasteiger charge is -2.49. The Balaban J connectivity index is 2.21. The molecule has 1 amide bonds. The molecular formula is C11H15NO4S. The quantitative estimate of drug-likeness (QED) is 0.766. The predicted molar refractivity (Wildman–Crippen MR) is 63.4 cm³/mol. The maximum atomic E-state index is 11.9. The van der Waals surface area contributed by atoms with Gasteiger partial charge in [-0.05, 0) is 26.3 Å². The highest BCUT2D eigenvalue weighted by molar-refractivity contribution is 8.00. The van der Waals surface area contributed by atoms with Gasteiger partial charge in [0.1, 0.15) is 11.1 Å². The van der Waals surface area contributed by atoms with Gasteiger partial charge in [0.15, 0.2) is 6.10 Å². The summed E-state index contributed by atoms with van der Waals surface area (Å²) < 4.78 is 5.50. The van der Waals surface area contributed by atoms with Crippen LogP contribution < -0.4 is 0 Å². The van der Waals surface area contributed by atoms with Crippen molar-refractivity contribution >= 4 is 23.6 Å². The predicted octanol–water partition coefficient (Wildman–Crippen LogP) is 1.05. The van der Waals surface area contributed by atoms with Gasteiger partial charge in [0.25, 0.3) is 5.91 Å². The number of thioether (sulfide) groups is 1. The summed E-state index contributed by atoms with van der Waals surface area (Å²) in [4.78, 5) is 24.4. The minimum Gasteiger partial charge on any atom is -0.477 e. The van der Waals surface area contributed by atoms with Crippen LogP contribution in [0.1, 0.15) is 20.8 Å². The summed E-state index contributed by atoms with van der Waals surface area (Å²) in [5.74, 6) is -0.648. The first-order valence-electron chi connectivity index (χ1n) is 5.46. The van der Waals surface area contributed by atoms with Crippen LogP contribution in [0.2, 0.25) is 0 Å². The van der Waals surface area contributed by atoms with Crippen molar-refractivity contribution in [1.82, 2.24) is 4.90 Å². The molecule has 1 N–H and O–H groups in total. The lowest BCUT2D eigenvalue weighted by molar-refractivity contribution is -0.168. The third-order valence-corrected chi connectivity index (χ3v) is 4.13. The maximum absolute atomic E-state index is 11.9. The molecule has 6 heteroatoms. The number of hydrogen-bond donors (Lipinski definition) is 1. The average molecular weight is 257 g/mol. The number of β-lactam (4-membered cyclic amide) rings is 1. The van der Waals surface area contributed by atoms with Gasteiger partial charge in [-0.25, -0.2) is 4.79 Å². The molecule has 2 aliphatic heterocycles. The summed E-state index contributed by atoms with van der Waals surface area (Å²) in [6, 6.07) is 0. The Kier molecular flexibility index (Phi) is 3.18. The molecule has 0 aromatic carbocycles. The van der Waals surface area contributed by atoms with Crippen LogP contribution in [-0.4, -0.2) is 45.2 Å². The molecule has 5 nitrogen and oxygen atoms in total. The number of rotatable bonds is 3. The first kappa shape index (κ1) is 12.4.